The van der Waals surface area contributed by atoms with Gasteiger partial charge < -0.3 is 0 Å². The Hall–Kier alpha value is -0.260. The highest BCUT2D eigenvalue weighted by Crippen LogP contribution is 2.50. The average Bonchev–Trinajstić information content (AvgIpc) is 2.34. The van der Waals surface area contributed by atoms with Gasteiger partial charge >= 0.3 is 0 Å². The zero-order chi connectivity index (χ0) is 11.8. The molecule has 17 heavy (non-hydrogen) atoms. The summed E-state index contributed by atoms with van der Waals surface area (Å²) in [6.07, 6.45) is 14.4. The third kappa shape index (κ3) is 2.20. The van der Waals surface area contributed by atoms with Crippen LogP contribution in [-0.2, 0) is 0 Å². The van der Waals surface area contributed by atoms with Gasteiger partial charge in [-0.3, -0.25) is 0 Å². The van der Waals surface area contributed by atoms with Crippen LogP contribution in [0.3, 0.4) is 0 Å². The molecule has 0 heterocycles. The maximum absolute atomic E-state index is 2.62. The van der Waals surface area contributed by atoms with Crippen LogP contribution >= 0.6 is 0 Å². The molecule has 2 saturated carbocycles. The topological polar surface area (TPSA) is 0 Å². The predicted octanol–water partition coefficient (Wildman–Crippen LogP) is 5.20. The molecule has 5 unspecified atom stereocenters. The minimum absolute atomic E-state index is 0.972. The van der Waals surface area contributed by atoms with Crippen LogP contribution in [0.5, 0.6) is 0 Å². The van der Waals surface area contributed by atoms with Crippen molar-refractivity contribution in [2.45, 2.75) is 65.2 Å². The standard InChI is InChI=1S/C17H28/c1-12-9-10-15-6-3-5-14-7-4-8-16(17(14)15)13(2)11-12/h5,12-13,15-17H,3-4,6-11H2,1-2H3. The fourth-order valence-electron chi connectivity index (χ4n) is 5.10. The summed E-state index contributed by atoms with van der Waals surface area (Å²) in [5.41, 5.74) is 1.87. The van der Waals surface area contributed by atoms with Crippen LogP contribution in [0.15, 0.2) is 11.6 Å². The number of hydrogen-bond donors (Lipinski definition) is 0. The number of allylic oxidation sites excluding steroid dienone is 2. The summed E-state index contributed by atoms with van der Waals surface area (Å²) in [4.78, 5) is 0. The summed E-state index contributed by atoms with van der Waals surface area (Å²) in [6, 6.07) is 0. The Morgan fingerprint density at radius 2 is 1.94 bits per heavy atom. The summed E-state index contributed by atoms with van der Waals surface area (Å²) in [5.74, 6) is 5.02. The van der Waals surface area contributed by atoms with Crippen molar-refractivity contribution in [3.8, 4) is 0 Å². The molecule has 0 aromatic rings. The van der Waals surface area contributed by atoms with Gasteiger partial charge in [-0.05, 0) is 74.5 Å². The molecule has 0 heteroatoms. The van der Waals surface area contributed by atoms with Crippen LogP contribution in [0.2, 0.25) is 0 Å². The van der Waals surface area contributed by atoms with Crippen molar-refractivity contribution in [1.29, 1.82) is 0 Å². The lowest BCUT2D eigenvalue weighted by Crippen LogP contribution is -2.37. The molecule has 0 radical (unpaired) electrons. The zero-order valence-electron chi connectivity index (χ0n) is 11.6. The van der Waals surface area contributed by atoms with Gasteiger partial charge in [-0.2, -0.15) is 0 Å². The van der Waals surface area contributed by atoms with Crippen LogP contribution in [0, 0.1) is 29.6 Å². The second kappa shape index (κ2) is 4.78. The summed E-state index contributed by atoms with van der Waals surface area (Å²) >= 11 is 0. The minimum Gasteiger partial charge on any atom is -0.0850 e. The molecule has 3 aliphatic carbocycles. The van der Waals surface area contributed by atoms with E-state index in [0.29, 0.717) is 0 Å². The van der Waals surface area contributed by atoms with E-state index in [4.69, 9.17) is 0 Å². The molecule has 0 amide bonds. The first-order valence-corrected chi connectivity index (χ1v) is 7.94. The second-order valence-electron chi connectivity index (χ2n) is 7.09. The fraction of sp³-hybridized carbons (Fsp3) is 0.882. The van der Waals surface area contributed by atoms with E-state index in [1.54, 1.807) is 0 Å². The van der Waals surface area contributed by atoms with Gasteiger partial charge in [0.1, 0.15) is 0 Å². The van der Waals surface area contributed by atoms with Gasteiger partial charge in [0.15, 0.2) is 0 Å². The lowest BCUT2D eigenvalue weighted by molar-refractivity contribution is 0.100. The van der Waals surface area contributed by atoms with Gasteiger partial charge in [-0.15, -0.1) is 0 Å². The first-order chi connectivity index (χ1) is 8.25. The number of hydrogen-bond acceptors (Lipinski definition) is 0. The molecule has 0 spiro atoms. The van der Waals surface area contributed by atoms with E-state index < -0.39 is 0 Å². The first-order valence-electron chi connectivity index (χ1n) is 7.94. The molecule has 0 saturated heterocycles. The SMILES string of the molecule is CC1CCC2CCC=C3CCCC(C(C)C1)C32. The molecule has 3 aliphatic rings. The highest BCUT2D eigenvalue weighted by Gasteiger charge is 2.40. The normalized spacial score (nSPS) is 46.5. The minimum atomic E-state index is 0.972. The van der Waals surface area contributed by atoms with E-state index in [1.165, 1.54) is 51.4 Å². The van der Waals surface area contributed by atoms with Crippen molar-refractivity contribution in [1.82, 2.24) is 0 Å². The molecule has 2 fully saturated rings. The van der Waals surface area contributed by atoms with Crippen molar-refractivity contribution < 1.29 is 0 Å². The van der Waals surface area contributed by atoms with E-state index >= 15 is 0 Å². The summed E-state index contributed by atoms with van der Waals surface area (Å²) < 4.78 is 0. The van der Waals surface area contributed by atoms with Crippen molar-refractivity contribution in [2.75, 3.05) is 0 Å². The zero-order valence-corrected chi connectivity index (χ0v) is 11.6. The monoisotopic (exact) mass is 232 g/mol. The summed E-state index contributed by atoms with van der Waals surface area (Å²) in [5, 5.41) is 0. The quantitative estimate of drug-likeness (QED) is 0.504. The molecular formula is C17H28. The molecule has 0 nitrogen and oxygen atoms in total. The van der Waals surface area contributed by atoms with Crippen molar-refractivity contribution in [3.05, 3.63) is 11.6 Å². The fourth-order valence-corrected chi connectivity index (χ4v) is 5.10. The molecule has 3 rings (SSSR count). The van der Waals surface area contributed by atoms with E-state index in [0.717, 1.165) is 29.6 Å². The van der Waals surface area contributed by atoms with Gasteiger partial charge in [0.05, 0.1) is 0 Å². The van der Waals surface area contributed by atoms with Crippen LogP contribution < -0.4 is 0 Å². The lowest BCUT2D eigenvalue weighted by Gasteiger charge is -2.46. The van der Waals surface area contributed by atoms with Gasteiger partial charge in [-0.1, -0.05) is 31.9 Å². The Bertz CT molecular complexity index is 301. The van der Waals surface area contributed by atoms with E-state index in [-0.39, 0.29) is 0 Å². The maximum Gasteiger partial charge on any atom is -0.0144 e. The van der Waals surface area contributed by atoms with Gasteiger partial charge in [0.25, 0.3) is 0 Å². The third-order valence-electron chi connectivity index (χ3n) is 5.88. The van der Waals surface area contributed by atoms with E-state index in [2.05, 4.69) is 19.9 Å². The van der Waals surface area contributed by atoms with Crippen molar-refractivity contribution in [3.63, 3.8) is 0 Å². The number of rotatable bonds is 0. The van der Waals surface area contributed by atoms with Crippen LogP contribution in [-0.4, -0.2) is 0 Å². The Morgan fingerprint density at radius 3 is 2.82 bits per heavy atom. The summed E-state index contributed by atoms with van der Waals surface area (Å²) in [7, 11) is 0. The molecule has 0 N–H and O–H groups in total. The molecule has 96 valence electrons. The van der Waals surface area contributed by atoms with Crippen LogP contribution in [0.1, 0.15) is 65.2 Å². The third-order valence-corrected chi connectivity index (χ3v) is 5.88. The van der Waals surface area contributed by atoms with E-state index in [1.807, 2.05) is 5.57 Å². The van der Waals surface area contributed by atoms with Gasteiger partial charge in [-0.25, -0.2) is 0 Å². The first kappa shape index (κ1) is 11.8. The van der Waals surface area contributed by atoms with Gasteiger partial charge in [0, 0.05) is 0 Å². The molecular weight excluding hydrogens is 204 g/mol. The Kier molecular flexibility index (Phi) is 3.32. The second-order valence-corrected chi connectivity index (χ2v) is 7.09. The maximum atomic E-state index is 2.62. The van der Waals surface area contributed by atoms with Crippen LogP contribution in [0.25, 0.3) is 0 Å². The molecule has 0 aromatic carbocycles. The summed E-state index contributed by atoms with van der Waals surface area (Å²) in [6.45, 7) is 5.03. The highest BCUT2D eigenvalue weighted by atomic mass is 14.4. The Labute approximate surface area is 107 Å². The van der Waals surface area contributed by atoms with E-state index in [9.17, 15) is 0 Å². The molecule has 5 atom stereocenters. The van der Waals surface area contributed by atoms with Crippen molar-refractivity contribution in [2.24, 2.45) is 29.6 Å². The largest absolute Gasteiger partial charge is 0.0850 e. The Balaban J connectivity index is 1.88. The Morgan fingerprint density at radius 1 is 1.06 bits per heavy atom. The lowest BCUT2D eigenvalue weighted by atomic mass is 9.59. The smallest absolute Gasteiger partial charge is 0.0144 e. The van der Waals surface area contributed by atoms with Crippen molar-refractivity contribution >= 4 is 0 Å². The molecule has 0 aliphatic heterocycles. The highest BCUT2D eigenvalue weighted by molar-refractivity contribution is 5.16. The average molecular weight is 232 g/mol. The van der Waals surface area contributed by atoms with Gasteiger partial charge in [0.2, 0.25) is 0 Å². The van der Waals surface area contributed by atoms with Crippen LogP contribution in [0.4, 0.5) is 0 Å². The molecule has 0 bridgehead atoms. The predicted molar refractivity (Wildman–Crippen MR) is 73.8 cm³/mol. The molecule has 0 aromatic heterocycles.